The quantitative estimate of drug-likeness (QED) is 0.428. The molecule has 0 bridgehead atoms. The largest absolute Gasteiger partial charge is 0.513 e. The highest BCUT2D eigenvalue weighted by atomic mass is 16.7. The molecule has 1 rings (SSSR count). The molecule has 18 heavy (non-hydrogen) atoms. The Kier molecular flexibility index (Phi) is 4.62. The Labute approximate surface area is 111 Å². The fraction of sp³-hybridized carbons (Fsp3) is 0.769. The number of hydrogen-bond acceptors (Lipinski definition) is 4. The highest BCUT2D eigenvalue weighted by Crippen LogP contribution is 2.39. The van der Waals surface area contributed by atoms with Gasteiger partial charge in [-0.15, -0.1) is 0 Å². The first kappa shape index (κ1) is 15.3. The maximum Gasteiger partial charge on any atom is 0.513 e. The van der Waals surface area contributed by atoms with E-state index in [9.17, 15) is 0 Å². The Morgan fingerprint density at radius 3 is 2.11 bits per heavy atom. The van der Waals surface area contributed by atoms with Gasteiger partial charge in [0, 0.05) is 13.3 Å². The molecule has 0 N–H and O–H groups in total. The minimum atomic E-state index is -0.378. The molecule has 0 spiro atoms. The first-order valence-electron chi connectivity index (χ1n) is 6.55. The van der Waals surface area contributed by atoms with Gasteiger partial charge in [0.1, 0.15) is 0 Å². The zero-order valence-corrected chi connectivity index (χ0v) is 12.5. The summed E-state index contributed by atoms with van der Waals surface area (Å²) in [6, 6.07) is 0. The summed E-state index contributed by atoms with van der Waals surface area (Å²) in [5.41, 5.74) is 0.265. The van der Waals surface area contributed by atoms with E-state index in [0.717, 1.165) is 18.6 Å². The lowest BCUT2D eigenvalue weighted by Crippen LogP contribution is -2.41. The summed E-state index contributed by atoms with van der Waals surface area (Å²) in [7, 11) is -0.378. The molecular formula is C13H25BN2O2. The molecule has 102 valence electrons. The van der Waals surface area contributed by atoms with E-state index in [2.05, 4.69) is 18.7 Å². The molecule has 1 heterocycles. The van der Waals surface area contributed by atoms with Crippen LogP contribution in [0.5, 0.6) is 0 Å². The number of hydrogen-bond donors (Lipinski definition) is 0. The third kappa shape index (κ3) is 2.78. The average molecular weight is 252 g/mol. The van der Waals surface area contributed by atoms with Crippen molar-refractivity contribution >= 4 is 13.8 Å². The molecule has 0 saturated carbocycles. The Bertz CT molecular complexity index is 324. The van der Waals surface area contributed by atoms with Gasteiger partial charge in [0.05, 0.1) is 16.8 Å². The van der Waals surface area contributed by atoms with E-state index < -0.39 is 0 Å². The minimum Gasteiger partial charge on any atom is -0.398 e. The van der Waals surface area contributed by atoms with Gasteiger partial charge in [-0.25, -0.2) is 0 Å². The lowest BCUT2D eigenvalue weighted by atomic mass is 9.83. The summed E-state index contributed by atoms with van der Waals surface area (Å²) in [5, 5.41) is 5.89. The molecule has 5 heteroatoms. The van der Waals surface area contributed by atoms with E-state index in [1.165, 1.54) is 0 Å². The van der Waals surface area contributed by atoms with Crippen molar-refractivity contribution in [3.63, 3.8) is 0 Å². The summed E-state index contributed by atoms with van der Waals surface area (Å²) in [6.07, 6.45) is 2.97. The molecule has 0 aromatic carbocycles. The second-order valence-electron chi connectivity index (χ2n) is 5.57. The van der Waals surface area contributed by atoms with Crippen molar-refractivity contribution in [2.75, 3.05) is 6.54 Å². The normalized spacial score (nSPS) is 22.1. The van der Waals surface area contributed by atoms with Gasteiger partial charge in [0.25, 0.3) is 0 Å². The summed E-state index contributed by atoms with van der Waals surface area (Å²) in [5.74, 6) is 0. The highest BCUT2D eigenvalue weighted by Gasteiger charge is 2.53. The van der Waals surface area contributed by atoms with Crippen molar-refractivity contribution < 1.29 is 9.31 Å². The lowest BCUT2D eigenvalue weighted by Gasteiger charge is -2.32. The van der Waals surface area contributed by atoms with Crippen LogP contribution in [0, 0.1) is 0 Å². The van der Waals surface area contributed by atoms with Crippen LogP contribution in [0.15, 0.2) is 16.8 Å². The first-order chi connectivity index (χ1) is 8.29. The standard InChI is InChI=1S/C13H25BN2O2/c1-8-10-16(15-7)11(9-2)14-17-12(3,4)13(5,6)18-14/h9H,7-8,10H2,1-6H3/b11-9-. The summed E-state index contributed by atoms with van der Waals surface area (Å²) >= 11 is 0. The van der Waals surface area contributed by atoms with Gasteiger partial charge in [-0.05, 0) is 41.0 Å². The zero-order valence-electron chi connectivity index (χ0n) is 12.5. The van der Waals surface area contributed by atoms with E-state index in [1.54, 1.807) is 0 Å². The molecular weight excluding hydrogens is 227 g/mol. The first-order valence-corrected chi connectivity index (χ1v) is 6.55. The molecule has 0 radical (unpaired) electrons. The maximum atomic E-state index is 6.03. The molecule has 0 aromatic rings. The lowest BCUT2D eigenvalue weighted by molar-refractivity contribution is 0.00578. The van der Waals surface area contributed by atoms with Gasteiger partial charge >= 0.3 is 7.12 Å². The van der Waals surface area contributed by atoms with Crippen LogP contribution < -0.4 is 0 Å². The summed E-state index contributed by atoms with van der Waals surface area (Å²) in [4.78, 5) is 0. The van der Waals surface area contributed by atoms with Crippen LogP contribution in [0.1, 0.15) is 48.0 Å². The van der Waals surface area contributed by atoms with Gasteiger partial charge in [-0.3, -0.25) is 5.01 Å². The van der Waals surface area contributed by atoms with Crippen molar-refractivity contribution in [2.24, 2.45) is 5.10 Å². The van der Waals surface area contributed by atoms with E-state index in [4.69, 9.17) is 9.31 Å². The predicted molar refractivity (Wildman–Crippen MR) is 76.4 cm³/mol. The molecule has 0 aliphatic carbocycles. The fourth-order valence-corrected chi connectivity index (χ4v) is 1.86. The van der Waals surface area contributed by atoms with Crippen molar-refractivity contribution in [1.82, 2.24) is 5.01 Å². The number of rotatable bonds is 5. The van der Waals surface area contributed by atoms with Crippen molar-refractivity contribution in [3.05, 3.63) is 11.7 Å². The van der Waals surface area contributed by atoms with E-state index in [-0.39, 0.29) is 18.3 Å². The number of hydrazone groups is 1. The average Bonchev–Trinajstić information content (AvgIpc) is 2.47. The molecule has 1 aliphatic heterocycles. The Balaban J connectivity index is 2.90. The molecule has 0 aromatic heterocycles. The Hall–Kier alpha value is -0.805. The van der Waals surface area contributed by atoms with Crippen molar-refractivity contribution in [3.8, 4) is 0 Å². The Morgan fingerprint density at radius 1 is 1.28 bits per heavy atom. The van der Waals surface area contributed by atoms with Crippen LogP contribution >= 0.6 is 0 Å². The second-order valence-corrected chi connectivity index (χ2v) is 5.57. The third-order valence-corrected chi connectivity index (χ3v) is 3.69. The fourth-order valence-electron chi connectivity index (χ4n) is 1.86. The molecule has 0 unspecified atom stereocenters. The Morgan fingerprint density at radius 2 is 1.78 bits per heavy atom. The molecule has 0 amide bonds. The number of allylic oxidation sites excluding steroid dienone is 1. The van der Waals surface area contributed by atoms with Crippen LogP contribution in [-0.4, -0.2) is 36.6 Å². The van der Waals surface area contributed by atoms with Gasteiger partial charge in [-0.1, -0.05) is 13.0 Å². The second kappa shape index (κ2) is 5.45. The molecule has 1 fully saturated rings. The summed E-state index contributed by atoms with van der Waals surface area (Å²) < 4.78 is 12.1. The predicted octanol–water partition coefficient (Wildman–Crippen LogP) is 2.85. The van der Waals surface area contributed by atoms with Crippen molar-refractivity contribution in [1.29, 1.82) is 0 Å². The van der Waals surface area contributed by atoms with Crippen LogP contribution in [0.3, 0.4) is 0 Å². The van der Waals surface area contributed by atoms with Crippen LogP contribution in [0.2, 0.25) is 0 Å². The SMILES string of the molecule is C=NN(CCC)/C(=C\C)B1OC(C)(C)C(C)(C)O1. The van der Waals surface area contributed by atoms with Crippen LogP contribution in [0.4, 0.5) is 0 Å². The topological polar surface area (TPSA) is 34.1 Å². The van der Waals surface area contributed by atoms with Gasteiger partial charge in [0.15, 0.2) is 0 Å². The van der Waals surface area contributed by atoms with Crippen molar-refractivity contribution in [2.45, 2.75) is 59.2 Å². The molecule has 4 nitrogen and oxygen atoms in total. The molecule has 1 aliphatic rings. The summed E-state index contributed by atoms with van der Waals surface area (Å²) in [6.45, 7) is 16.7. The van der Waals surface area contributed by atoms with E-state index in [0.29, 0.717) is 0 Å². The molecule has 1 saturated heterocycles. The monoisotopic (exact) mass is 252 g/mol. The van der Waals surface area contributed by atoms with Gasteiger partial charge < -0.3 is 9.31 Å². The minimum absolute atomic E-state index is 0.328. The maximum absolute atomic E-state index is 6.03. The van der Waals surface area contributed by atoms with E-state index >= 15 is 0 Å². The van der Waals surface area contributed by atoms with Crippen LogP contribution in [-0.2, 0) is 9.31 Å². The van der Waals surface area contributed by atoms with E-state index in [1.807, 2.05) is 45.7 Å². The van der Waals surface area contributed by atoms with Gasteiger partial charge in [-0.2, -0.15) is 5.10 Å². The van der Waals surface area contributed by atoms with Crippen LogP contribution in [0.25, 0.3) is 0 Å². The van der Waals surface area contributed by atoms with Gasteiger partial charge in [0.2, 0.25) is 0 Å². The highest BCUT2D eigenvalue weighted by molar-refractivity contribution is 6.54. The molecule has 0 atom stereocenters. The number of nitrogens with zero attached hydrogens (tertiary/aromatic N) is 2. The zero-order chi connectivity index (χ0) is 14.0. The smallest absolute Gasteiger partial charge is 0.398 e. The third-order valence-electron chi connectivity index (χ3n) is 3.69.